The number of aromatic nitrogens is 3. The van der Waals surface area contributed by atoms with E-state index in [9.17, 15) is 4.79 Å². The van der Waals surface area contributed by atoms with Crippen molar-refractivity contribution in [3.63, 3.8) is 0 Å². The van der Waals surface area contributed by atoms with Crippen LogP contribution in [0.1, 0.15) is 26.7 Å². The van der Waals surface area contributed by atoms with E-state index in [4.69, 9.17) is 0 Å². The summed E-state index contributed by atoms with van der Waals surface area (Å²) in [7, 11) is 2.14. The molecule has 1 aliphatic carbocycles. The van der Waals surface area contributed by atoms with Crippen LogP contribution in [0.5, 0.6) is 0 Å². The largest absolute Gasteiger partial charge is 0.356 e. The number of fused-ring (bicyclic) bond motifs is 1. The molecule has 2 aliphatic rings. The van der Waals surface area contributed by atoms with Crippen molar-refractivity contribution < 1.29 is 4.79 Å². The molecule has 0 bridgehead atoms. The number of anilines is 1. The molecule has 140 valence electrons. The Morgan fingerprint density at radius 3 is 2.88 bits per heavy atom. The summed E-state index contributed by atoms with van der Waals surface area (Å²) in [4.78, 5) is 28.1. The molecule has 0 atom stereocenters. The van der Waals surface area contributed by atoms with Crippen LogP contribution in [0.3, 0.4) is 0 Å². The molecule has 2 aromatic rings. The number of hydrogen-bond donors (Lipinski definition) is 1. The van der Waals surface area contributed by atoms with Gasteiger partial charge in [-0.05, 0) is 30.6 Å². The molecule has 2 aromatic heterocycles. The third-order valence-electron chi connectivity index (χ3n) is 5.65. The number of thioether (sulfide) groups is 1. The number of likely N-dealkylation sites (tertiary alicyclic amines) is 1. The molecule has 1 aliphatic heterocycles. The number of nitrogens with one attached hydrogen (secondary N) is 1. The molecule has 0 radical (unpaired) electrons. The molecule has 0 unspecified atom stereocenters. The SMILES string of the molecule is CC(C)C(=O)N1CC(SCC2CC(N(C)c3ncnc4[nH]ccc34)C2)C1. The average molecular weight is 374 g/mol. The van der Waals surface area contributed by atoms with Crippen LogP contribution in [0.15, 0.2) is 18.6 Å². The molecule has 7 heteroatoms. The highest BCUT2D eigenvalue weighted by Crippen LogP contribution is 2.38. The summed E-state index contributed by atoms with van der Waals surface area (Å²) in [5.74, 6) is 3.44. The van der Waals surface area contributed by atoms with Crippen LogP contribution in [0.4, 0.5) is 5.82 Å². The molecule has 6 nitrogen and oxygen atoms in total. The lowest BCUT2D eigenvalue weighted by atomic mass is 9.81. The zero-order valence-corrected chi connectivity index (χ0v) is 16.5. The summed E-state index contributed by atoms with van der Waals surface area (Å²) in [5.41, 5.74) is 0.902. The lowest BCUT2D eigenvalue weighted by Crippen LogP contribution is -2.53. The third-order valence-corrected chi connectivity index (χ3v) is 7.08. The lowest BCUT2D eigenvalue weighted by Gasteiger charge is -2.44. The Morgan fingerprint density at radius 2 is 2.15 bits per heavy atom. The average Bonchev–Trinajstić information content (AvgIpc) is 3.02. The van der Waals surface area contributed by atoms with Crippen molar-refractivity contribution in [2.75, 3.05) is 30.8 Å². The Hall–Kier alpha value is -1.76. The monoisotopic (exact) mass is 373 g/mol. The first-order valence-corrected chi connectivity index (χ1v) is 10.5. The smallest absolute Gasteiger partial charge is 0.225 e. The molecular formula is C19H27N5OS. The normalized spacial score (nSPS) is 23.2. The maximum Gasteiger partial charge on any atom is 0.225 e. The number of nitrogens with zero attached hydrogens (tertiary/aromatic N) is 4. The molecule has 3 heterocycles. The Morgan fingerprint density at radius 1 is 1.38 bits per heavy atom. The van der Waals surface area contributed by atoms with Crippen molar-refractivity contribution in [3.8, 4) is 0 Å². The Balaban J connectivity index is 1.21. The van der Waals surface area contributed by atoms with Crippen molar-refractivity contribution in [1.29, 1.82) is 0 Å². The molecule has 26 heavy (non-hydrogen) atoms. The summed E-state index contributed by atoms with van der Waals surface area (Å²) in [6, 6.07) is 2.61. The zero-order chi connectivity index (χ0) is 18.3. The van der Waals surface area contributed by atoms with Gasteiger partial charge in [0, 0.05) is 43.5 Å². The highest BCUT2D eigenvalue weighted by Gasteiger charge is 2.36. The van der Waals surface area contributed by atoms with Gasteiger partial charge in [0.15, 0.2) is 0 Å². The van der Waals surface area contributed by atoms with Gasteiger partial charge in [0.05, 0.1) is 5.39 Å². The Bertz CT molecular complexity index is 779. The van der Waals surface area contributed by atoms with E-state index in [2.05, 4.69) is 38.7 Å². The van der Waals surface area contributed by atoms with Crippen LogP contribution in [-0.2, 0) is 4.79 Å². The molecule has 4 rings (SSSR count). The highest BCUT2D eigenvalue weighted by atomic mass is 32.2. The molecule has 1 amide bonds. The van der Waals surface area contributed by atoms with E-state index in [0.29, 0.717) is 17.2 Å². The van der Waals surface area contributed by atoms with Gasteiger partial charge >= 0.3 is 0 Å². The van der Waals surface area contributed by atoms with Crippen molar-refractivity contribution in [1.82, 2.24) is 19.9 Å². The van der Waals surface area contributed by atoms with E-state index in [0.717, 1.165) is 35.9 Å². The van der Waals surface area contributed by atoms with E-state index in [-0.39, 0.29) is 5.92 Å². The fourth-order valence-corrected chi connectivity index (χ4v) is 5.21. The summed E-state index contributed by atoms with van der Waals surface area (Å²) < 4.78 is 0. The van der Waals surface area contributed by atoms with Crippen molar-refractivity contribution in [2.24, 2.45) is 11.8 Å². The number of rotatable bonds is 6. The molecular weight excluding hydrogens is 346 g/mol. The Kier molecular flexibility index (Phi) is 4.82. The van der Waals surface area contributed by atoms with Gasteiger partial charge in [0.2, 0.25) is 5.91 Å². The lowest BCUT2D eigenvalue weighted by molar-refractivity contribution is -0.137. The van der Waals surface area contributed by atoms with Crippen LogP contribution >= 0.6 is 11.8 Å². The van der Waals surface area contributed by atoms with Crippen LogP contribution in [0.25, 0.3) is 11.0 Å². The first-order valence-electron chi connectivity index (χ1n) is 9.44. The minimum absolute atomic E-state index is 0.122. The van der Waals surface area contributed by atoms with Gasteiger partial charge in [-0.3, -0.25) is 4.79 Å². The highest BCUT2D eigenvalue weighted by molar-refractivity contribution is 8.00. The van der Waals surface area contributed by atoms with Crippen molar-refractivity contribution in [2.45, 2.75) is 38.0 Å². The zero-order valence-electron chi connectivity index (χ0n) is 15.7. The van der Waals surface area contributed by atoms with Gasteiger partial charge in [0.25, 0.3) is 0 Å². The van der Waals surface area contributed by atoms with E-state index >= 15 is 0 Å². The van der Waals surface area contributed by atoms with Gasteiger partial charge in [-0.15, -0.1) is 0 Å². The molecule has 1 saturated carbocycles. The Labute approximate surface area is 158 Å². The maximum absolute atomic E-state index is 11.9. The number of aromatic amines is 1. The first-order chi connectivity index (χ1) is 12.5. The molecule has 0 aromatic carbocycles. The van der Waals surface area contributed by atoms with Gasteiger partial charge in [-0.25, -0.2) is 9.97 Å². The predicted octanol–water partition coefficient (Wildman–Crippen LogP) is 2.77. The van der Waals surface area contributed by atoms with E-state index < -0.39 is 0 Å². The number of carbonyl (C=O) groups is 1. The fraction of sp³-hybridized carbons (Fsp3) is 0.632. The summed E-state index contributed by atoms with van der Waals surface area (Å²) >= 11 is 2.05. The summed E-state index contributed by atoms with van der Waals surface area (Å²) in [6.45, 7) is 5.83. The van der Waals surface area contributed by atoms with Crippen molar-refractivity contribution in [3.05, 3.63) is 18.6 Å². The minimum Gasteiger partial charge on any atom is -0.356 e. The topological polar surface area (TPSA) is 65.1 Å². The second-order valence-electron chi connectivity index (χ2n) is 7.89. The summed E-state index contributed by atoms with van der Waals surface area (Å²) in [5, 5.41) is 1.73. The van der Waals surface area contributed by atoms with Gasteiger partial charge in [0.1, 0.15) is 17.8 Å². The molecule has 1 N–H and O–H groups in total. The molecule has 2 fully saturated rings. The second kappa shape index (κ2) is 7.10. The standard InChI is InChI=1S/C19H27N5OS/c1-12(2)19(25)24-8-15(9-24)26-10-13-6-14(7-13)23(3)18-16-4-5-20-17(16)21-11-22-18/h4-5,11-15H,6-10H2,1-3H3,(H,20,21,22). The third kappa shape index (κ3) is 3.29. The molecule has 1 saturated heterocycles. The first kappa shape index (κ1) is 17.6. The van der Waals surface area contributed by atoms with E-state index in [1.165, 1.54) is 18.6 Å². The number of H-pyrrole nitrogens is 1. The predicted molar refractivity (Wildman–Crippen MR) is 106 cm³/mol. The van der Waals surface area contributed by atoms with Crippen molar-refractivity contribution >= 4 is 34.5 Å². The second-order valence-corrected chi connectivity index (χ2v) is 9.23. The number of carbonyl (C=O) groups excluding carboxylic acids is 1. The number of amides is 1. The van der Waals surface area contributed by atoms with Crippen LogP contribution < -0.4 is 4.90 Å². The van der Waals surface area contributed by atoms with E-state index in [1.54, 1.807) is 6.33 Å². The van der Waals surface area contributed by atoms with Crippen LogP contribution in [0.2, 0.25) is 0 Å². The summed E-state index contributed by atoms with van der Waals surface area (Å²) in [6.07, 6.45) is 6.00. The van der Waals surface area contributed by atoms with E-state index in [1.807, 2.05) is 31.0 Å². The minimum atomic E-state index is 0.122. The van der Waals surface area contributed by atoms with Gasteiger partial charge in [-0.1, -0.05) is 13.8 Å². The maximum atomic E-state index is 11.9. The quantitative estimate of drug-likeness (QED) is 0.843. The van der Waals surface area contributed by atoms with Gasteiger partial charge < -0.3 is 14.8 Å². The van der Waals surface area contributed by atoms with Gasteiger partial charge in [-0.2, -0.15) is 11.8 Å². The van der Waals surface area contributed by atoms with Crippen LogP contribution in [-0.4, -0.2) is 62.9 Å². The fourth-order valence-electron chi connectivity index (χ4n) is 3.83. The number of hydrogen-bond acceptors (Lipinski definition) is 5. The van der Waals surface area contributed by atoms with Crippen LogP contribution in [0, 0.1) is 11.8 Å². The molecule has 0 spiro atoms.